The molecule has 0 saturated heterocycles. The number of hydrogen-bond donors (Lipinski definition) is 0. The number of nitrogens with zero attached hydrogens (tertiary/aromatic N) is 3. The Morgan fingerprint density at radius 1 is 1.00 bits per heavy atom. The van der Waals surface area contributed by atoms with Crippen LogP contribution >= 0.6 is 23.4 Å². The van der Waals surface area contributed by atoms with E-state index in [0.717, 1.165) is 33.0 Å². The normalized spacial score (nSPS) is 13.0. The van der Waals surface area contributed by atoms with Gasteiger partial charge in [0.2, 0.25) is 5.82 Å². The molecule has 154 valence electrons. The van der Waals surface area contributed by atoms with Gasteiger partial charge in [-0.05, 0) is 48.9 Å². The summed E-state index contributed by atoms with van der Waals surface area (Å²) in [6.45, 7) is 2.72. The summed E-state index contributed by atoms with van der Waals surface area (Å²) in [7, 11) is 0. The smallest absolute Gasteiger partial charge is 0.259 e. The quantitative estimate of drug-likeness (QED) is 0.353. The van der Waals surface area contributed by atoms with Crippen LogP contribution in [0.4, 0.5) is 5.69 Å². The second-order valence-electron chi connectivity index (χ2n) is 7.14. The molecule has 0 unspecified atom stereocenters. The Labute approximate surface area is 189 Å². The second-order valence-corrected chi connectivity index (χ2v) is 8.63. The molecule has 0 aliphatic carbocycles. The number of fused-ring (bicyclic) bond motifs is 2. The van der Waals surface area contributed by atoms with Crippen LogP contribution in [-0.4, -0.2) is 22.6 Å². The molecule has 1 aromatic heterocycles. The Morgan fingerprint density at radius 3 is 2.58 bits per heavy atom. The Hall–Kier alpha value is -3.09. The molecule has 2 heterocycles. The predicted octanol–water partition coefficient (Wildman–Crippen LogP) is 6.58. The number of benzene rings is 3. The van der Waals surface area contributed by atoms with Crippen LogP contribution in [0.1, 0.15) is 23.7 Å². The first kappa shape index (κ1) is 19.8. The largest absolute Gasteiger partial charge is 0.334 e. The van der Waals surface area contributed by atoms with E-state index < -0.39 is 0 Å². The highest BCUT2D eigenvalue weighted by atomic mass is 35.5. The van der Waals surface area contributed by atoms with Crippen LogP contribution in [-0.2, 0) is 0 Å². The van der Waals surface area contributed by atoms with E-state index in [1.165, 1.54) is 0 Å². The maximum absolute atomic E-state index is 13.2. The lowest BCUT2D eigenvalue weighted by Crippen LogP contribution is -2.31. The fourth-order valence-electron chi connectivity index (χ4n) is 3.59. The van der Waals surface area contributed by atoms with Gasteiger partial charge in [0.25, 0.3) is 11.8 Å². The number of anilines is 1. The summed E-state index contributed by atoms with van der Waals surface area (Å²) in [5.74, 6) is 0.873. The first-order valence-electron chi connectivity index (χ1n) is 9.97. The minimum atomic E-state index is 0.0250. The van der Waals surface area contributed by atoms with Gasteiger partial charge in [0.15, 0.2) is 0 Å². The van der Waals surface area contributed by atoms with E-state index in [9.17, 15) is 4.79 Å². The minimum absolute atomic E-state index is 0.0250. The van der Waals surface area contributed by atoms with Gasteiger partial charge in [0.05, 0.1) is 21.8 Å². The van der Waals surface area contributed by atoms with E-state index in [1.807, 2.05) is 65.6 Å². The maximum atomic E-state index is 13.2. The molecule has 5 rings (SSSR count). The zero-order valence-electron chi connectivity index (χ0n) is 16.7. The fraction of sp³-hybridized carbons (Fsp3) is 0.125. The van der Waals surface area contributed by atoms with Gasteiger partial charge in [-0.25, -0.2) is 0 Å². The van der Waals surface area contributed by atoms with Gasteiger partial charge in [0, 0.05) is 21.9 Å². The number of halogens is 1. The topological polar surface area (TPSA) is 59.2 Å². The number of aromatic nitrogens is 2. The van der Waals surface area contributed by atoms with Crippen LogP contribution in [0, 0.1) is 0 Å². The van der Waals surface area contributed by atoms with E-state index >= 15 is 0 Å². The molecule has 7 heteroatoms. The van der Waals surface area contributed by atoms with Crippen LogP contribution in [0.25, 0.3) is 22.8 Å². The van der Waals surface area contributed by atoms with Crippen molar-refractivity contribution in [1.29, 1.82) is 0 Å². The first-order chi connectivity index (χ1) is 15.2. The highest BCUT2D eigenvalue weighted by molar-refractivity contribution is 7.99. The van der Waals surface area contributed by atoms with Crippen molar-refractivity contribution < 1.29 is 9.32 Å². The highest BCUT2D eigenvalue weighted by Crippen LogP contribution is 2.43. The number of rotatable bonds is 4. The summed E-state index contributed by atoms with van der Waals surface area (Å²) in [6.07, 6.45) is 0.867. The third kappa shape index (κ3) is 3.62. The molecule has 0 fully saturated rings. The second kappa shape index (κ2) is 8.21. The van der Waals surface area contributed by atoms with Crippen LogP contribution < -0.4 is 4.90 Å². The van der Waals surface area contributed by atoms with E-state index in [0.29, 0.717) is 28.8 Å². The third-order valence-electron chi connectivity index (χ3n) is 5.07. The number of amides is 1. The summed E-state index contributed by atoms with van der Waals surface area (Å²) in [4.78, 5) is 21.5. The molecular weight excluding hydrogens is 430 g/mol. The summed E-state index contributed by atoms with van der Waals surface area (Å²) in [6, 6.07) is 21.0. The molecule has 0 radical (unpaired) electrons. The summed E-state index contributed by atoms with van der Waals surface area (Å²) >= 11 is 7.85. The number of carbonyl (C=O) groups excluding carboxylic acids is 1. The molecule has 1 amide bonds. The molecular formula is C24H18ClN3O2S. The van der Waals surface area contributed by atoms with Gasteiger partial charge in [-0.15, -0.1) is 0 Å². The lowest BCUT2D eigenvalue weighted by atomic mass is 10.1. The van der Waals surface area contributed by atoms with Crippen LogP contribution in [0.2, 0.25) is 5.02 Å². The molecule has 0 saturated carbocycles. The Morgan fingerprint density at radius 2 is 1.77 bits per heavy atom. The van der Waals surface area contributed by atoms with Crippen LogP contribution in [0.3, 0.4) is 0 Å². The van der Waals surface area contributed by atoms with Crippen molar-refractivity contribution in [3.8, 4) is 22.8 Å². The third-order valence-corrected chi connectivity index (χ3v) is 6.52. The number of carbonyl (C=O) groups is 1. The fourth-order valence-corrected chi connectivity index (χ4v) is 4.93. The number of hydrogen-bond acceptors (Lipinski definition) is 5. The Bertz CT molecular complexity index is 1290. The van der Waals surface area contributed by atoms with Gasteiger partial charge in [0.1, 0.15) is 0 Å². The summed E-state index contributed by atoms with van der Waals surface area (Å²) < 4.78 is 5.47. The van der Waals surface area contributed by atoms with Crippen LogP contribution in [0.15, 0.2) is 81.0 Å². The lowest BCUT2D eigenvalue weighted by Gasteiger charge is -2.22. The monoisotopic (exact) mass is 447 g/mol. The van der Waals surface area contributed by atoms with Crippen molar-refractivity contribution in [2.24, 2.45) is 0 Å². The molecule has 0 atom stereocenters. The van der Waals surface area contributed by atoms with Gasteiger partial charge in [-0.3, -0.25) is 4.79 Å². The van der Waals surface area contributed by atoms with E-state index in [1.54, 1.807) is 17.8 Å². The molecule has 3 aromatic carbocycles. The standard InChI is InChI=1S/C24H18ClN3O2S/c1-2-13-28-19-12-11-15(14-21(19)31-20-10-6-4-8-17(20)24(28)29)22-26-23(30-27-22)16-7-3-5-9-18(16)25/h3-12,14H,2,13H2,1H3. The van der Waals surface area contributed by atoms with Crippen molar-refractivity contribution in [2.45, 2.75) is 23.1 Å². The van der Waals surface area contributed by atoms with Crippen molar-refractivity contribution in [1.82, 2.24) is 10.1 Å². The molecule has 1 aliphatic heterocycles. The molecule has 5 nitrogen and oxygen atoms in total. The van der Waals surface area contributed by atoms with E-state index in [2.05, 4.69) is 17.1 Å². The predicted molar refractivity (Wildman–Crippen MR) is 123 cm³/mol. The van der Waals surface area contributed by atoms with E-state index in [-0.39, 0.29) is 5.91 Å². The van der Waals surface area contributed by atoms with Crippen molar-refractivity contribution in [3.63, 3.8) is 0 Å². The zero-order valence-corrected chi connectivity index (χ0v) is 18.3. The van der Waals surface area contributed by atoms with Gasteiger partial charge in [-0.2, -0.15) is 4.98 Å². The average molecular weight is 448 g/mol. The Kier molecular flexibility index (Phi) is 5.26. The van der Waals surface area contributed by atoms with Gasteiger partial charge < -0.3 is 9.42 Å². The average Bonchev–Trinajstić information content (AvgIpc) is 3.24. The van der Waals surface area contributed by atoms with Gasteiger partial charge >= 0.3 is 0 Å². The van der Waals surface area contributed by atoms with Crippen molar-refractivity contribution >= 4 is 35.0 Å². The van der Waals surface area contributed by atoms with Crippen molar-refractivity contribution in [2.75, 3.05) is 11.4 Å². The molecule has 1 aliphatic rings. The summed E-state index contributed by atoms with van der Waals surface area (Å²) in [5.41, 5.74) is 3.13. The Balaban J connectivity index is 1.58. The first-order valence-corrected chi connectivity index (χ1v) is 11.2. The SMILES string of the molecule is CCCN1C(=O)c2ccccc2Sc2cc(-c3noc(-c4ccccc4Cl)n3)ccc21. The molecule has 0 bridgehead atoms. The highest BCUT2D eigenvalue weighted by Gasteiger charge is 2.27. The molecule has 31 heavy (non-hydrogen) atoms. The maximum Gasteiger partial charge on any atom is 0.259 e. The molecule has 0 N–H and O–H groups in total. The molecule has 0 spiro atoms. The van der Waals surface area contributed by atoms with E-state index in [4.69, 9.17) is 16.1 Å². The van der Waals surface area contributed by atoms with Crippen molar-refractivity contribution in [3.05, 3.63) is 77.3 Å². The lowest BCUT2D eigenvalue weighted by molar-refractivity contribution is 0.0984. The molecule has 4 aromatic rings. The van der Waals surface area contributed by atoms with Crippen LogP contribution in [0.5, 0.6) is 0 Å². The zero-order chi connectivity index (χ0) is 21.4. The summed E-state index contributed by atoms with van der Waals surface area (Å²) in [5, 5.41) is 4.71. The van der Waals surface area contributed by atoms with Gasteiger partial charge in [-0.1, -0.05) is 59.7 Å². The minimum Gasteiger partial charge on any atom is -0.334 e.